The molecule has 2 aromatic rings. The third-order valence-electron chi connectivity index (χ3n) is 4.61. The van der Waals surface area contributed by atoms with Gasteiger partial charge in [-0.2, -0.15) is 0 Å². The predicted molar refractivity (Wildman–Crippen MR) is 106 cm³/mol. The monoisotopic (exact) mass is 386 g/mol. The Morgan fingerprint density at radius 1 is 0.964 bits per heavy atom. The summed E-state index contributed by atoms with van der Waals surface area (Å²) in [6.45, 7) is 1.84. The lowest BCUT2D eigenvalue weighted by Crippen LogP contribution is -2.44. The number of carbonyl (C=O) groups is 1. The van der Waals surface area contributed by atoms with Crippen molar-refractivity contribution >= 4 is 11.6 Å². The van der Waals surface area contributed by atoms with Crippen LogP contribution in [-0.2, 0) is 9.47 Å². The van der Waals surface area contributed by atoms with Crippen LogP contribution in [0, 0.1) is 0 Å². The first-order chi connectivity index (χ1) is 13.7. The highest BCUT2D eigenvalue weighted by Crippen LogP contribution is 2.36. The molecule has 28 heavy (non-hydrogen) atoms. The molecule has 0 bridgehead atoms. The number of amides is 1. The van der Waals surface area contributed by atoms with Gasteiger partial charge >= 0.3 is 0 Å². The van der Waals surface area contributed by atoms with Gasteiger partial charge in [-0.3, -0.25) is 4.79 Å². The van der Waals surface area contributed by atoms with E-state index in [0.29, 0.717) is 43.4 Å². The first kappa shape index (κ1) is 20.0. The van der Waals surface area contributed by atoms with Crippen LogP contribution in [0.5, 0.6) is 11.5 Å². The van der Waals surface area contributed by atoms with E-state index in [2.05, 4.69) is 5.32 Å². The Labute approximate surface area is 165 Å². The number of nitrogens with zero attached hydrogens (tertiary/aromatic N) is 1. The van der Waals surface area contributed by atoms with Crippen molar-refractivity contribution in [2.24, 2.45) is 0 Å². The van der Waals surface area contributed by atoms with Gasteiger partial charge in [0.2, 0.25) is 0 Å². The lowest BCUT2D eigenvalue weighted by atomic mass is 10.0. The summed E-state index contributed by atoms with van der Waals surface area (Å²) < 4.78 is 21.4. The average Bonchev–Trinajstić information content (AvgIpc) is 2.73. The molecule has 1 N–H and O–H groups in total. The molecule has 0 saturated heterocycles. The van der Waals surface area contributed by atoms with Crippen molar-refractivity contribution in [1.29, 1.82) is 0 Å². The molecule has 7 nitrogen and oxygen atoms in total. The van der Waals surface area contributed by atoms with Crippen molar-refractivity contribution in [3.8, 4) is 11.5 Å². The highest BCUT2D eigenvalue weighted by molar-refractivity contribution is 6.01. The standard InChI is InChI=1S/C21H26N2O5/c1-25-11-10-23-20(22-17-7-5-4-6-16(17)21(23)24)15-8-9-18(19(14-15)27-3)28-13-12-26-2/h4-9,14,20,22H,10-13H2,1-3H3. The van der Waals surface area contributed by atoms with E-state index in [1.165, 1.54) is 0 Å². The molecule has 0 spiro atoms. The van der Waals surface area contributed by atoms with Gasteiger partial charge in [-0.1, -0.05) is 18.2 Å². The molecule has 1 unspecified atom stereocenters. The van der Waals surface area contributed by atoms with Crippen molar-refractivity contribution in [3.63, 3.8) is 0 Å². The highest BCUT2D eigenvalue weighted by atomic mass is 16.5. The van der Waals surface area contributed by atoms with Crippen molar-refractivity contribution in [3.05, 3.63) is 53.6 Å². The van der Waals surface area contributed by atoms with Gasteiger partial charge in [0.15, 0.2) is 11.5 Å². The van der Waals surface area contributed by atoms with Crippen molar-refractivity contribution in [2.75, 3.05) is 53.0 Å². The summed E-state index contributed by atoms with van der Waals surface area (Å²) in [5.74, 6) is 1.21. The number of para-hydroxylation sites is 1. The maximum atomic E-state index is 13.1. The number of nitrogens with one attached hydrogen (secondary N) is 1. The minimum Gasteiger partial charge on any atom is -0.493 e. The molecule has 0 saturated carbocycles. The predicted octanol–water partition coefficient (Wildman–Crippen LogP) is 2.93. The Kier molecular flexibility index (Phi) is 6.73. The number of carbonyl (C=O) groups excluding carboxylic acids is 1. The second-order valence-corrected chi connectivity index (χ2v) is 6.34. The summed E-state index contributed by atoms with van der Waals surface area (Å²) in [5.41, 5.74) is 2.36. The molecule has 1 atom stereocenters. The molecule has 150 valence electrons. The normalized spacial score (nSPS) is 15.8. The van der Waals surface area contributed by atoms with E-state index in [1.807, 2.05) is 42.5 Å². The Hall–Kier alpha value is -2.77. The molecule has 1 aliphatic rings. The topological polar surface area (TPSA) is 69.3 Å². The molecule has 0 aliphatic carbocycles. The zero-order valence-electron chi connectivity index (χ0n) is 16.4. The van der Waals surface area contributed by atoms with Crippen LogP contribution in [0.15, 0.2) is 42.5 Å². The third-order valence-corrected chi connectivity index (χ3v) is 4.61. The Bertz CT molecular complexity index is 811. The highest BCUT2D eigenvalue weighted by Gasteiger charge is 2.32. The minimum atomic E-state index is -0.334. The van der Waals surface area contributed by atoms with E-state index in [9.17, 15) is 4.79 Å². The molecule has 0 aromatic heterocycles. The van der Waals surface area contributed by atoms with Crippen LogP contribution in [0.4, 0.5) is 5.69 Å². The number of ether oxygens (including phenoxy) is 4. The van der Waals surface area contributed by atoms with Crippen molar-refractivity contribution < 1.29 is 23.7 Å². The molecule has 3 rings (SSSR count). The lowest BCUT2D eigenvalue weighted by molar-refractivity contribution is 0.0609. The van der Waals surface area contributed by atoms with Crippen LogP contribution >= 0.6 is 0 Å². The second-order valence-electron chi connectivity index (χ2n) is 6.34. The number of rotatable bonds is 9. The summed E-state index contributed by atoms with van der Waals surface area (Å²) in [7, 11) is 4.85. The Morgan fingerprint density at radius 3 is 2.50 bits per heavy atom. The molecule has 1 amide bonds. The number of hydrogen-bond acceptors (Lipinski definition) is 6. The average molecular weight is 386 g/mol. The van der Waals surface area contributed by atoms with Crippen LogP contribution in [0.1, 0.15) is 22.1 Å². The first-order valence-electron chi connectivity index (χ1n) is 9.14. The quantitative estimate of drug-likeness (QED) is 0.669. The maximum absolute atomic E-state index is 13.1. The molecule has 1 heterocycles. The Balaban J connectivity index is 1.92. The van der Waals surface area contributed by atoms with E-state index in [1.54, 1.807) is 26.2 Å². The number of hydrogen-bond donors (Lipinski definition) is 1. The van der Waals surface area contributed by atoms with Crippen LogP contribution < -0.4 is 14.8 Å². The Morgan fingerprint density at radius 2 is 1.75 bits per heavy atom. The van der Waals surface area contributed by atoms with E-state index < -0.39 is 0 Å². The first-order valence-corrected chi connectivity index (χ1v) is 9.14. The third kappa shape index (κ3) is 4.21. The summed E-state index contributed by atoms with van der Waals surface area (Å²) in [6.07, 6.45) is -0.334. The van der Waals surface area contributed by atoms with Gasteiger partial charge in [0.1, 0.15) is 12.8 Å². The molecule has 2 aromatic carbocycles. The van der Waals surface area contributed by atoms with Crippen molar-refractivity contribution in [1.82, 2.24) is 4.90 Å². The molecule has 0 radical (unpaired) electrons. The summed E-state index contributed by atoms with van der Waals surface area (Å²) >= 11 is 0. The van der Waals surface area contributed by atoms with Gasteiger partial charge in [-0.25, -0.2) is 0 Å². The summed E-state index contributed by atoms with van der Waals surface area (Å²) in [4.78, 5) is 14.8. The lowest BCUT2D eigenvalue weighted by Gasteiger charge is -2.38. The number of methoxy groups -OCH3 is 3. The van der Waals surface area contributed by atoms with Crippen LogP contribution in [-0.4, -0.2) is 58.5 Å². The fraction of sp³-hybridized carbons (Fsp3) is 0.381. The molecule has 1 aliphatic heterocycles. The van der Waals surface area contributed by atoms with Gasteiger partial charge in [-0.15, -0.1) is 0 Å². The zero-order valence-corrected chi connectivity index (χ0v) is 16.4. The molecule has 0 fully saturated rings. The molecular formula is C21H26N2O5. The van der Waals surface area contributed by atoms with Crippen LogP contribution in [0.2, 0.25) is 0 Å². The van der Waals surface area contributed by atoms with Gasteiger partial charge in [-0.05, 0) is 29.8 Å². The smallest absolute Gasteiger partial charge is 0.257 e. The number of anilines is 1. The largest absolute Gasteiger partial charge is 0.493 e. The fourth-order valence-electron chi connectivity index (χ4n) is 3.18. The van der Waals surface area contributed by atoms with E-state index >= 15 is 0 Å². The van der Waals surface area contributed by atoms with E-state index in [0.717, 1.165) is 11.3 Å². The molecule has 7 heteroatoms. The SMILES string of the molecule is COCCOc1ccc(C2Nc3ccccc3C(=O)N2CCOC)cc1OC. The van der Waals surface area contributed by atoms with E-state index in [4.69, 9.17) is 18.9 Å². The van der Waals surface area contributed by atoms with Crippen LogP contribution in [0.3, 0.4) is 0 Å². The fourth-order valence-corrected chi connectivity index (χ4v) is 3.18. The molecular weight excluding hydrogens is 360 g/mol. The zero-order chi connectivity index (χ0) is 19.9. The van der Waals surface area contributed by atoms with Crippen LogP contribution in [0.25, 0.3) is 0 Å². The van der Waals surface area contributed by atoms with Gasteiger partial charge in [0, 0.05) is 26.5 Å². The second kappa shape index (κ2) is 9.43. The number of fused-ring (bicyclic) bond motifs is 1. The van der Waals surface area contributed by atoms with Gasteiger partial charge < -0.3 is 29.2 Å². The minimum absolute atomic E-state index is 0.0317. The van der Waals surface area contributed by atoms with E-state index in [-0.39, 0.29) is 12.1 Å². The maximum Gasteiger partial charge on any atom is 0.257 e. The summed E-state index contributed by atoms with van der Waals surface area (Å²) in [6, 6.07) is 13.2. The summed E-state index contributed by atoms with van der Waals surface area (Å²) in [5, 5.41) is 3.46. The van der Waals surface area contributed by atoms with Gasteiger partial charge in [0.05, 0.1) is 25.9 Å². The van der Waals surface area contributed by atoms with Gasteiger partial charge in [0.25, 0.3) is 5.91 Å². The van der Waals surface area contributed by atoms with Crippen molar-refractivity contribution in [2.45, 2.75) is 6.17 Å². The number of benzene rings is 2.